The number of nitriles is 1. The van der Waals surface area contributed by atoms with Crippen LogP contribution in [0, 0.1) is 11.3 Å². The summed E-state index contributed by atoms with van der Waals surface area (Å²) in [6.07, 6.45) is 5.75. The molecule has 0 spiro atoms. The molecule has 12 heteroatoms. The van der Waals surface area contributed by atoms with Crippen molar-refractivity contribution in [2.45, 2.75) is 63.5 Å². The highest BCUT2D eigenvalue weighted by molar-refractivity contribution is 6.43. The summed E-state index contributed by atoms with van der Waals surface area (Å²) < 4.78 is 16.5. The summed E-state index contributed by atoms with van der Waals surface area (Å²) in [4.78, 5) is 30.2. The average molecular weight is 566 g/mol. The fourth-order valence-electron chi connectivity index (χ4n) is 5.52. The van der Waals surface area contributed by atoms with Crippen LogP contribution in [0.5, 0.6) is 0 Å². The largest absolute Gasteiger partial charge is 0.475 e. The monoisotopic (exact) mass is 566 g/mol. The topological polar surface area (TPSA) is 148 Å². The number of amides is 2. The van der Waals surface area contributed by atoms with Gasteiger partial charge in [-0.2, -0.15) is 5.26 Å². The van der Waals surface area contributed by atoms with Crippen molar-refractivity contribution in [2.24, 2.45) is 0 Å². The number of carbonyl (C=O) groups excluding carboxylic acids is 2. The molecule has 1 aromatic heterocycles. The Hall–Kier alpha value is -3.37. The lowest BCUT2D eigenvalue weighted by molar-refractivity contribution is -0.129. The average Bonchev–Trinajstić information content (AvgIpc) is 3.22. The van der Waals surface area contributed by atoms with Crippen molar-refractivity contribution < 1.29 is 33.5 Å². The number of fused-ring (bicyclic) bond motifs is 1. The number of furan rings is 1. The van der Waals surface area contributed by atoms with Gasteiger partial charge >= 0.3 is 13.2 Å². The summed E-state index contributed by atoms with van der Waals surface area (Å²) in [5.74, 6) is -1.41. The molecule has 1 aromatic carbocycles. The molecule has 2 aliphatic heterocycles. The molecule has 0 aliphatic carbocycles. The number of carbonyl (C=O) groups is 2. The van der Waals surface area contributed by atoms with Crippen LogP contribution in [0.25, 0.3) is 11.0 Å². The molecule has 41 heavy (non-hydrogen) atoms. The molecule has 11 nitrogen and oxygen atoms in total. The number of alkyl carbamates (subject to hydrolysis) is 1. The van der Waals surface area contributed by atoms with Gasteiger partial charge in [0.1, 0.15) is 23.8 Å². The van der Waals surface area contributed by atoms with Gasteiger partial charge in [0.05, 0.1) is 31.5 Å². The van der Waals surface area contributed by atoms with E-state index in [0.29, 0.717) is 44.9 Å². The van der Waals surface area contributed by atoms with Gasteiger partial charge in [0, 0.05) is 30.6 Å². The highest BCUT2D eigenvalue weighted by atomic mass is 16.5. The molecular weight excluding hydrogens is 527 g/mol. The Morgan fingerprint density at radius 2 is 1.98 bits per heavy atom. The van der Waals surface area contributed by atoms with E-state index in [9.17, 15) is 24.9 Å². The van der Waals surface area contributed by atoms with E-state index in [-0.39, 0.29) is 24.5 Å². The molecule has 3 N–H and O–H groups in total. The second-order valence-electron chi connectivity index (χ2n) is 11.1. The quantitative estimate of drug-likeness (QED) is 0.236. The molecular formula is C29H39BN4O7. The van der Waals surface area contributed by atoms with Crippen LogP contribution in [0.3, 0.4) is 0 Å². The van der Waals surface area contributed by atoms with Gasteiger partial charge in [-0.1, -0.05) is 31.0 Å². The molecule has 2 amide bonds. The third-order valence-electron chi connectivity index (χ3n) is 7.88. The van der Waals surface area contributed by atoms with Crippen LogP contribution in [-0.4, -0.2) is 95.9 Å². The van der Waals surface area contributed by atoms with Crippen molar-refractivity contribution in [1.82, 2.24) is 15.1 Å². The van der Waals surface area contributed by atoms with Gasteiger partial charge in [-0.3, -0.25) is 9.69 Å². The molecule has 2 saturated heterocycles. The van der Waals surface area contributed by atoms with E-state index >= 15 is 0 Å². The van der Waals surface area contributed by atoms with Gasteiger partial charge in [0.15, 0.2) is 0 Å². The number of morpholine rings is 1. The van der Waals surface area contributed by atoms with Crippen molar-refractivity contribution in [1.29, 1.82) is 5.26 Å². The van der Waals surface area contributed by atoms with Crippen LogP contribution in [0.4, 0.5) is 4.79 Å². The summed E-state index contributed by atoms with van der Waals surface area (Å²) in [5.41, 5.74) is 0.931. The third-order valence-corrected chi connectivity index (χ3v) is 7.88. The molecule has 4 rings (SSSR count). The van der Waals surface area contributed by atoms with Crippen molar-refractivity contribution in [3.8, 4) is 6.07 Å². The van der Waals surface area contributed by atoms with E-state index in [1.807, 2.05) is 32.0 Å². The molecule has 0 bridgehead atoms. The maximum absolute atomic E-state index is 13.6. The predicted octanol–water partition coefficient (Wildman–Crippen LogP) is 2.41. The first-order valence-corrected chi connectivity index (χ1v) is 14.2. The number of hydrogen-bond donors (Lipinski definition) is 3. The Kier molecular flexibility index (Phi) is 10.4. The van der Waals surface area contributed by atoms with Crippen LogP contribution >= 0.6 is 0 Å². The number of nitrogens with zero attached hydrogens (tertiary/aromatic N) is 3. The van der Waals surface area contributed by atoms with Crippen LogP contribution in [0.15, 0.2) is 46.6 Å². The maximum Gasteiger partial charge on any atom is 0.475 e. The number of likely N-dealkylation sites (tertiary alicyclic amines) is 1. The Morgan fingerprint density at radius 1 is 1.22 bits per heavy atom. The Balaban J connectivity index is 1.40. The fourth-order valence-corrected chi connectivity index (χ4v) is 5.52. The van der Waals surface area contributed by atoms with Crippen LogP contribution in [0.1, 0.15) is 45.1 Å². The molecule has 0 saturated carbocycles. The predicted molar refractivity (Wildman–Crippen MR) is 153 cm³/mol. The summed E-state index contributed by atoms with van der Waals surface area (Å²) in [7, 11) is -1.83. The van der Waals surface area contributed by atoms with E-state index in [1.165, 1.54) is 6.26 Å². The molecule has 3 heterocycles. The number of rotatable bonds is 9. The van der Waals surface area contributed by atoms with Crippen molar-refractivity contribution >= 4 is 30.1 Å². The van der Waals surface area contributed by atoms with Crippen LogP contribution < -0.4 is 5.32 Å². The van der Waals surface area contributed by atoms with E-state index in [2.05, 4.69) is 16.3 Å². The minimum absolute atomic E-state index is 0.0636. The number of para-hydroxylation sites is 1. The van der Waals surface area contributed by atoms with Gasteiger partial charge in [0.2, 0.25) is 0 Å². The summed E-state index contributed by atoms with van der Waals surface area (Å²) >= 11 is 0. The van der Waals surface area contributed by atoms with Crippen molar-refractivity contribution in [2.75, 3.05) is 39.5 Å². The third kappa shape index (κ3) is 7.89. The number of benzene rings is 1. The lowest BCUT2D eigenvalue weighted by atomic mass is 9.76. The zero-order valence-corrected chi connectivity index (χ0v) is 23.8. The van der Waals surface area contributed by atoms with Gasteiger partial charge in [-0.15, -0.1) is 0 Å². The van der Waals surface area contributed by atoms with Crippen molar-refractivity contribution in [3.05, 3.63) is 47.7 Å². The maximum atomic E-state index is 13.6. The molecule has 2 fully saturated rings. The Bertz CT molecular complexity index is 1270. The normalized spacial score (nSPS) is 19.7. The molecule has 0 radical (unpaired) electrons. The standard InChI is InChI=1S/C29H39BN4O7/c1-29(2,33-12-14-39-15-13-33)17-22(18-31)27(35)34-11-7-3-4-8-23(34)20-41-28(36)32-26(30(37)38)16-21-19-40-25-10-6-5-9-24(21)25/h5-6,9-10,17,19,23,26,37-38H,3-4,7-8,11-16,20H2,1-2H3,(H,32,36)/b22-17+/t23-,26-/m0/s1. The highest BCUT2D eigenvalue weighted by Crippen LogP contribution is 2.24. The lowest BCUT2D eigenvalue weighted by Gasteiger charge is -2.39. The highest BCUT2D eigenvalue weighted by Gasteiger charge is 2.33. The Labute approximate surface area is 240 Å². The molecule has 220 valence electrons. The van der Waals surface area contributed by atoms with Crippen LogP contribution in [0.2, 0.25) is 0 Å². The van der Waals surface area contributed by atoms with E-state index < -0.39 is 30.7 Å². The van der Waals surface area contributed by atoms with Gasteiger partial charge in [0.25, 0.3) is 5.91 Å². The van der Waals surface area contributed by atoms with Gasteiger partial charge in [-0.05, 0) is 50.8 Å². The van der Waals surface area contributed by atoms with Gasteiger partial charge < -0.3 is 34.2 Å². The zero-order chi connectivity index (χ0) is 29.4. The summed E-state index contributed by atoms with van der Waals surface area (Å²) in [6.45, 7) is 6.98. The summed E-state index contributed by atoms with van der Waals surface area (Å²) in [6, 6.07) is 9.05. The van der Waals surface area contributed by atoms with E-state index in [0.717, 1.165) is 30.2 Å². The minimum atomic E-state index is -1.83. The molecule has 2 aromatic rings. The number of hydrogen-bond acceptors (Lipinski definition) is 9. The molecule has 0 unspecified atom stereocenters. The number of nitrogens with one attached hydrogen (secondary N) is 1. The molecule has 2 aliphatic rings. The van der Waals surface area contributed by atoms with E-state index in [1.54, 1.807) is 17.0 Å². The second kappa shape index (κ2) is 14.0. The first kappa shape index (κ1) is 30.6. The zero-order valence-electron chi connectivity index (χ0n) is 23.8. The Morgan fingerprint density at radius 3 is 2.71 bits per heavy atom. The van der Waals surface area contributed by atoms with Crippen molar-refractivity contribution in [3.63, 3.8) is 0 Å². The first-order valence-electron chi connectivity index (χ1n) is 14.2. The van der Waals surface area contributed by atoms with Crippen LogP contribution in [-0.2, 0) is 20.7 Å². The van der Waals surface area contributed by atoms with E-state index in [4.69, 9.17) is 13.9 Å². The minimum Gasteiger partial charge on any atom is -0.464 e. The smallest absolute Gasteiger partial charge is 0.464 e. The second-order valence-corrected chi connectivity index (χ2v) is 11.1. The lowest BCUT2D eigenvalue weighted by Crippen LogP contribution is -2.50. The fraction of sp³-hybridized carbons (Fsp3) is 0.552. The first-order chi connectivity index (χ1) is 19.7. The van der Waals surface area contributed by atoms with Gasteiger partial charge in [-0.25, -0.2) is 4.79 Å². The summed E-state index contributed by atoms with van der Waals surface area (Å²) in [5, 5.41) is 33.1. The molecule has 2 atom stereocenters. The number of ether oxygens (including phenoxy) is 2. The SMILES string of the molecule is CC(C)(/C=C(\C#N)C(=O)N1CCCCC[C@H]1COC(=O)N[C@@H](Cc1coc2ccccc12)B(O)O)N1CCOCC1.